The van der Waals surface area contributed by atoms with Gasteiger partial charge in [-0.3, -0.25) is 9.10 Å². The molecule has 0 aromatic heterocycles. The lowest BCUT2D eigenvalue weighted by Gasteiger charge is -2.22. The van der Waals surface area contributed by atoms with Gasteiger partial charge >= 0.3 is 0 Å². The van der Waals surface area contributed by atoms with Gasteiger partial charge in [-0.15, -0.1) is 0 Å². The zero-order chi connectivity index (χ0) is 22.3. The van der Waals surface area contributed by atoms with E-state index in [9.17, 15) is 13.2 Å². The smallest absolute Gasteiger partial charge is 0.241 e. The highest BCUT2D eigenvalue weighted by Crippen LogP contribution is 2.28. The molecule has 30 heavy (non-hydrogen) atoms. The first-order chi connectivity index (χ1) is 14.2. The van der Waals surface area contributed by atoms with Crippen molar-refractivity contribution in [2.75, 3.05) is 30.3 Å². The summed E-state index contributed by atoms with van der Waals surface area (Å²) >= 11 is 0. The minimum atomic E-state index is -3.62. The lowest BCUT2D eigenvalue weighted by atomic mass is 10.1. The second-order valence-corrected chi connectivity index (χ2v) is 8.87. The Balaban J connectivity index is 2.11. The van der Waals surface area contributed by atoms with E-state index in [1.807, 2.05) is 45.9 Å². The molecule has 0 bridgehead atoms. The number of sulfonamides is 1. The normalized spacial score (nSPS) is 11.1. The maximum absolute atomic E-state index is 12.5. The van der Waals surface area contributed by atoms with Crippen LogP contribution in [0.2, 0.25) is 0 Å². The molecule has 7 nitrogen and oxygen atoms in total. The van der Waals surface area contributed by atoms with E-state index >= 15 is 0 Å². The van der Waals surface area contributed by atoms with Crippen molar-refractivity contribution in [2.24, 2.45) is 0 Å². The van der Waals surface area contributed by atoms with Crippen molar-refractivity contribution in [3.8, 4) is 11.5 Å². The van der Waals surface area contributed by atoms with Gasteiger partial charge in [0.1, 0.15) is 6.54 Å². The number of nitrogens with one attached hydrogen (secondary N) is 1. The molecule has 164 valence electrons. The number of ether oxygens (including phenoxy) is 2. The number of hydrogen-bond acceptors (Lipinski definition) is 5. The molecule has 0 atom stereocenters. The molecule has 2 aromatic carbocycles. The molecule has 0 saturated carbocycles. The second-order valence-electron chi connectivity index (χ2n) is 6.96. The molecule has 0 fully saturated rings. The van der Waals surface area contributed by atoms with Crippen LogP contribution in [-0.2, 0) is 21.4 Å². The molecule has 0 heterocycles. The predicted molar refractivity (Wildman–Crippen MR) is 119 cm³/mol. The van der Waals surface area contributed by atoms with Crippen LogP contribution in [-0.4, -0.2) is 40.3 Å². The Bertz CT molecular complexity index is 989. The molecule has 0 radical (unpaired) electrons. The number of aryl methyl sites for hydroxylation is 2. The van der Waals surface area contributed by atoms with E-state index in [-0.39, 0.29) is 13.1 Å². The zero-order valence-corrected chi connectivity index (χ0v) is 19.0. The van der Waals surface area contributed by atoms with Crippen molar-refractivity contribution >= 4 is 21.6 Å². The van der Waals surface area contributed by atoms with E-state index in [0.29, 0.717) is 30.4 Å². The van der Waals surface area contributed by atoms with Crippen LogP contribution in [0.25, 0.3) is 0 Å². The quantitative estimate of drug-likeness (QED) is 0.621. The van der Waals surface area contributed by atoms with Gasteiger partial charge in [0.15, 0.2) is 11.5 Å². The monoisotopic (exact) mass is 434 g/mol. The first-order valence-corrected chi connectivity index (χ1v) is 11.7. The lowest BCUT2D eigenvalue weighted by molar-refractivity contribution is -0.119. The third kappa shape index (κ3) is 6.38. The van der Waals surface area contributed by atoms with Crippen molar-refractivity contribution in [3.05, 3.63) is 53.1 Å². The number of carbonyl (C=O) groups is 1. The molecule has 2 rings (SSSR count). The summed E-state index contributed by atoms with van der Waals surface area (Å²) in [5.74, 6) is 0.858. The number of nitrogens with zero attached hydrogens (tertiary/aromatic N) is 1. The van der Waals surface area contributed by atoms with Gasteiger partial charge < -0.3 is 14.8 Å². The van der Waals surface area contributed by atoms with Crippen LogP contribution in [0, 0.1) is 13.8 Å². The van der Waals surface area contributed by atoms with Gasteiger partial charge in [-0.25, -0.2) is 8.42 Å². The summed E-state index contributed by atoms with van der Waals surface area (Å²) in [6, 6.07) is 10.8. The topological polar surface area (TPSA) is 84.9 Å². The maximum atomic E-state index is 12.5. The minimum Gasteiger partial charge on any atom is -0.490 e. The van der Waals surface area contributed by atoms with Gasteiger partial charge in [-0.1, -0.05) is 12.1 Å². The van der Waals surface area contributed by atoms with E-state index in [1.165, 1.54) is 0 Å². The van der Waals surface area contributed by atoms with Gasteiger partial charge in [0.05, 0.1) is 25.2 Å². The van der Waals surface area contributed by atoms with Crippen molar-refractivity contribution in [1.29, 1.82) is 0 Å². The summed E-state index contributed by atoms with van der Waals surface area (Å²) in [5.41, 5.74) is 3.31. The highest BCUT2D eigenvalue weighted by Gasteiger charge is 2.21. The van der Waals surface area contributed by atoms with Crippen molar-refractivity contribution in [2.45, 2.75) is 34.2 Å². The highest BCUT2D eigenvalue weighted by atomic mass is 32.2. The van der Waals surface area contributed by atoms with Crippen molar-refractivity contribution < 1.29 is 22.7 Å². The molecule has 1 N–H and O–H groups in total. The van der Waals surface area contributed by atoms with Gasteiger partial charge in [-0.05, 0) is 68.7 Å². The van der Waals surface area contributed by atoms with E-state index in [0.717, 1.165) is 27.3 Å². The molecule has 0 saturated heterocycles. The lowest BCUT2D eigenvalue weighted by Crippen LogP contribution is -2.40. The third-order valence-electron chi connectivity index (χ3n) is 4.56. The van der Waals surface area contributed by atoms with Crippen LogP contribution in [0.4, 0.5) is 5.69 Å². The second kappa shape index (κ2) is 10.3. The van der Waals surface area contributed by atoms with Gasteiger partial charge in [-0.2, -0.15) is 0 Å². The predicted octanol–water partition coefficient (Wildman–Crippen LogP) is 3.18. The Morgan fingerprint density at radius 1 is 0.967 bits per heavy atom. The number of carbonyl (C=O) groups excluding carboxylic acids is 1. The first-order valence-electron chi connectivity index (χ1n) is 9.85. The minimum absolute atomic E-state index is 0.246. The average Bonchev–Trinajstić information content (AvgIpc) is 2.68. The van der Waals surface area contributed by atoms with Gasteiger partial charge in [0, 0.05) is 6.54 Å². The van der Waals surface area contributed by atoms with Crippen LogP contribution in [0.1, 0.15) is 30.5 Å². The molecule has 0 unspecified atom stereocenters. The van der Waals surface area contributed by atoms with Crippen molar-refractivity contribution in [1.82, 2.24) is 5.32 Å². The van der Waals surface area contributed by atoms with Crippen LogP contribution in [0.5, 0.6) is 11.5 Å². The third-order valence-corrected chi connectivity index (χ3v) is 5.70. The largest absolute Gasteiger partial charge is 0.490 e. The maximum Gasteiger partial charge on any atom is 0.241 e. The molecule has 0 aliphatic heterocycles. The van der Waals surface area contributed by atoms with E-state index in [4.69, 9.17) is 9.47 Å². The molecular weight excluding hydrogens is 404 g/mol. The molecule has 0 aliphatic rings. The molecule has 0 aliphatic carbocycles. The SMILES string of the molecule is CCOc1ccc(CNC(=O)CN(c2ccc(C)c(C)c2)S(C)(=O)=O)cc1OCC. The number of benzene rings is 2. The van der Waals surface area contributed by atoms with Crippen molar-refractivity contribution in [3.63, 3.8) is 0 Å². The summed E-state index contributed by atoms with van der Waals surface area (Å²) in [6.07, 6.45) is 1.09. The van der Waals surface area contributed by atoms with Gasteiger partial charge in [0.2, 0.25) is 15.9 Å². The Morgan fingerprint density at radius 2 is 1.63 bits per heavy atom. The average molecular weight is 435 g/mol. The summed E-state index contributed by atoms with van der Waals surface area (Å²) < 4.78 is 36.8. The highest BCUT2D eigenvalue weighted by molar-refractivity contribution is 7.92. The Morgan fingerprint density at radius 3 is 2.23 bits per heavy atom. The van der Waals surface area contributed by atoms with E-state index in [1.54, 1.807) is 18.2 Å². The Kier molecular flexibility index (Phi) is 8.11. The van der Waals surface area contributed by atoms with Gasteiger partial charge in [0.25, 0.3) is 0 Å². The summed E-state index contributed by atoms with van der Waals surface area (Å²) in [4.78, 5) is 12.5. The fourth-order valence-electron chi connectivity index (χ4n) is 2.87. The standard InChI is InChI=1S/C22H30N2O5S/c1-6-28-20-11-9-18(13-21(20)29-7-2)14-23-22(25)15-24(30(5,26)27)19-10-8-16(3)17(4)12-19/h8-13H,6-7,14-15H2,1-5H3,(H,23,25). The Labute approximate surface area is 179 Å². The molecular formula is C22H30N2O5S. The number of hydrogen-bond donors (Lipinski definition) is 1. The first kappa shape index (κ1) is 23.5. The van der Waals surface area contributed by atoms with Crippen LogP contribution in [0.3, 0.4) is 0 Å². The van der Waals surface area contributed by atoms with Crippen LogP contribution < -0.4 is 19.1 Å². The van der Waals surface area contributed by atoms with E-state index in [2.05, 4.69) is 5.32 Å². The molecule has 2 aromatic rings. The number of amides is 1. The Hall–Kier alpha value is -2.74. The number of anilines is 1. The molecule has 1 amide bonds. The summed E-state index contributed by atoms with van der Waals surface area (Å²) in [5, 5.41) is 2.78. The fourth-order valence-corrected chi connectivity index (χ4v) is 3.72. The van der Waals surface area contributed by atoms with Crippen LogP contribution in [0.15, 0.2) is 36.4 Å². The number of rotatable bonds is 10. The molecule has 0 spiro atoms. The summed E-state index contributed by atoms with van der Waals surface area (Å²) in [6.45, 7) is 8.60. The zero-order valence-electron chi connectivity index (χ0n) is 18.2. The molecule has 8 heteroatoms. The van der Waals surface area contributed by atoms with E-state index < -0.39 is 15.9 Å². The fraction of sp³-hybridized carbons (Fsp3) is 0.409. The van der Waals surface area contributed by atoms with Crippen LogP contribution >= 0.6 is 0 Å². The summed E-state index contributed by atoms with van der Waals surface area (Å²) in [7, 11) is -3.62.